The lowest BCUT2D eigenvalue weighted by Gasteiger charge is -2.31. The Morgan fingerprint density at radius 3 is 2.49 bits per heavy atom. The number of halogens is 2. The van der Waals surface area contributed by atoms with Crippen LogP contribution in [0, 0.1) is 5.82 Å². The summed E-state index contributed by atoms with van der Waals surface area (Å²) in [6.07, 6.45) is 0.650. The number of hydrogen-bond donors (Lipinski definition) is 2. The number of rotatable bonds is 10. The van der Waals surface area contributed by atoms with Gasteiger partial charge in [-0.25, -0.2) is 14.0 Å². The first-order valence-corrected chi connectivity index (χ1v) is 12.1. The highest BCUT2D eigenvalue weighted by Gasteiger charge is 2.30. The van der Waals surface area contributed by atoms with Gasteiger partial charge in [0.1, 0.15) is 16.7 Å². The highest BCUT2D eigenvalue weighted by molar-refractivity contribution is 7.17. The molecule has 184 valence electrons. The summed E-state index contributed by atoms with van der Waals surface area (Å²) < 4.78 is 18.6. The Hall–Kier alpha value is -3.07. The zero-order valence-electron chi connectivity index (χ0n) is 19.3. The number of hydrogen-bond acceptors (Lipinski definition) is 6. The van der Waals surface area contributed by atoms with Crippen LogP contribution >= 0.6 is 22.9 Å². The van der Waals surface area contributed by atoms with Crippen molar-refractivity contribution in [2.24, 2.45) is 5.73 Å². The van der Waals surface area contributed by atoms with Crippen LogP contribution in [0.25, 0.3) is 10.4 Å². The smallest absolute Gasteiger partial charge is 0.356 e. The van der Waals surface area contributed by atoms with E-state index in [1.807, 2.05) is 44.2 Å². The Morgan fingerprint density at radius 2 is 1.83 bits per heavy atom. The second-order valence-corrected chi connectivity index (χ2v) is 10.2. The molecule has 1 aromatic heterocycles. The third kappa shape index (κ3) is 7.71. The fourth-order valence-electron chi connectivity index (χ4n) is 3.63. The molecule has 2 aromatic carbocycles. The van der Waals surface area contributed by atoms with E-state index in [1.165, 1.54) is 18.2 Å². The number of nitrogens with one attached hydrogen (secondary N) is 1. The largest absolute Gasteiger partial charge is 0.388 e. The summed E-state index contributed by atoms with van der Waals surface area (Å²) in [6, 6.07) is 16.3. The summed E-state index contributed by atoms with van der Waals surface area (Å²) in [7, 11) is 0. The molecule has 9 heteroatoms. The molecule has 1 atom stereocenters. The minimum Gasteiger partial charge on any atom is -0.388 e. The lowest BCUT2D eigenvalue weighted by Crippen LogP contribution is -2.51. The first-order chi connectivity index (χ1) is 16.5. The van der Waals surface area contributed by atoms with Crippen LogP contribution in [-0.2, 0) is 20.7 Å². The molecule has 3 N–H and O–H groups in total. The second-order valence-electron chi connectivity index (χ2n) is 8.75. The molecule has 3 aromatic rings. The van der Waals surface area contributed by atoms with Gasteiger partial charge in [-0.1, -0.05) is 48.0 Å². The number of thiophene rings is 1. The molecule has 0 aliphatic carbocycles. The van der Waals surface area contributed by atoms with Crippen LogP contribution in [0.3, 0.4) is 0 Å². The van der Waals surface area contributed by atoms with E-state index in [-0.39, 0.29) is 22.7 Å². The maximum atomic E-state index is 13.4. The summed E-state index contributed by atoms with van der Waals surface area (Å²) in [5.74, 6) is -2.71. The van der Waals surface area contributed by atoms with Gasteiger partial charge in [-0.05, 0) is 62.1 Å². The van der Waals surface area contributed by atoms with Crippen LogP contribution in [0.2, 0.25) is 5.02 Å². The van der Waals surface area contributed by atoms with E-state index in [4.69, 9.17) is 22.1 Å². The van der Waals surface area contributed by atoms with Gasteiger partial charge in [-0.3, -0.25) is 10.1 Å². The average Bonchev–Trinajstić information content (AvgIpc) is 3.29. The van der Waals surface area contributed by atoms with Crippen LogP contribution in [-0.4, -0.2) is 29.4 Å². The van der Waals surface area contributed by atoms with E-state index in [1.54, 1.807) is 12.1 Å². The van der Waals surface area contributed by atoms with Crippen molar-refractivity contribution < 1.29 is 23.5 Å². The van der Waals surface area contributed by atoms with Crippen molar-refractivity contribution in [1.29, 1.82) is 0 Å². The number of nitrogens with two attached hydrogens (primary N) is 1. The zero-order chi connectivity index (χ0) is 25.6. The maximum Gasteiger partial charge on any atom is 0.356 e. The van der Waals surface area contributed by atoms with Gasteiger partial charge >= 0.3 is 11.9 Å². The van der Waals surface area contributed by atoms with Gasteiger partial charge in [0.2, 0.25) is 5.91 Å². The van der Waals surface area contributed by atoms with Crippen LogP contribution in [0.15, 0.2) is 60.7 Å². The number of carbonyl (C=O) groups excluding carboxylic acids is 3. The zero-order valence-corrected chi connectivity index (χ0v) is 20.9. The van der Waals surface area contributed by atoms with Gasteiger partial charge in [-0.2, -0.15) is 0 Å². The molecular weight excluding hydrogens is 491 g/mol. The number of amides is 1. The molecule has 0 spiro atoms. The minimum absolute atomic E-state index is 0.0308. The van der Waals surface area contributed by atoms with Crippen molar-refractivity contribution in [2.75, 3.05) is 0 Å². The Bertz CT molecular complexity index is 1210. The molecule has 0 bridgehead atoms. The number of ether oxygens (including phenoxy) is 1. The Labute approximate surface area is 212 Å². The monoisotopic (exact) mass is 516 g/mol. The average molecular weight is 517 g/mol. The molecule has 0 unspecified atom stereocenters. The summed E-state index contributed by atoms with van der Waals surface area (Å²) in [4.78, 5) is 37.8. The van der Waals surface area contributed by atoms with E-state index in [9.17, 15) is 18.8 Å². The number of primary amides is 1. The number of carbonyl (C=O) groups is 3. The maximum absolute atomic E-state index is 13.4. The quantitative estimate of drug-likeness (QED) is 0.287. The molecule has 0 radical (unpaired) electrons. The van der Waals surface area contributed by atoms with Gasteiger partial charge in [0.05, 0.1) is 5.02 Å². The normalized spacial score (nSPS) is 12.2. The summed E-state index contributed by atoms with van der Waals surface area (Å²) in [6.45, 7) is 3.84. The molecule has 0 fully saturated rings. The first kappa shape index (κ1) is 26.5. The molecule has 0 saturated heterocycles. The molecule has 1 amide bonds. The van der Waals surface area contributed by atoms with E-state index in [0.717, 1.165) is 16.9 Å². The predicted octanol–water partition coefficient (Wildman–Crippen LogP) is 5.14. The lowest BCUT2D eigenvalue weighted by atomic mass is 9.93. The van der Waals surface area contributed by atoms with E-state index < -0.39 is 35.2 Å². The molecule has 3 rings (SSSR count). The summed E-state index contributed by atoms with van der Waals surface area (Å²) in [5.41, 5.74) is 6.44. The van der Waals surface area contributed by atoms with Crippen molar-refractivity contribution in [1.82, 2.24) is 5.32 Å². The van der Waals surface area contributed by atoms with Crippen molar-refractivity contribution >= 4 is 40.8 Å². The fourth-order valence-corrected chi connectivity index (χ4v) is 4.69. The van der Waals surface area contributed by atoms with E-state index in [2.05, 4.69) is 5.32 Å². The summed E-state index contributed by atoms with van der Waals surface area (Å²) in [5, 5.41) is 3.18. The van der Waals surface area contributed by atoms with Crippen molar-refractivity contribution in [2.45, 2.75) is 44.7 Å². The third-order valence-corrected chi connectivity index (χ3v) is 6.63. The Kier molecular flexibility index (Phi) is 8.77. The van der Waals surface area contributed by atoms with E-state index >= 15 is 0 Å². The number of esters is 2. The molecule has 0 aliphatic heterocycles. The van der Waals surface area contributed by atoms with Crippen LogP contribution in [0.5, 0.6) is 0 Å². The highest BCUT2D eigenvalue weighted by atomic mass is 35.5. The first-order valence-electron chi connectivity index (χ1n) is 11.0. The van der Waals surface area contributed by atoms with E-state index in [0.29, 0.717) is 16.9 Å². The third-order valence-electron chi connectivity index (χ3n) is 5.22. The van der Waals surface area contributed by atoms with Crippen LogP contribution < -0.4 is 11.1 Å². The SMILES string of the molecule is CC(C)(Cc1ccccc1)N[C@@H](CCC(N)=O)C(=O)OC(=O)c1ccc(-c2ccc(F)c(Cl)c2)s1. The molecule has 0 aliphatic rings. The summed E-state index contributed by atoms with van der Waals surface area (Å²) >= 11 is 6.94. The predicted molar refractivity (Wildman–Crippen MR) is 135 cm³/mol. The van der Waals surface area contributed by atoms with Gasteiger partial charge in [0, 0.05) is 16.8 Å². The van der Waals surface area contributed by atoms with Crippen molar-refractivity contribution in [3.05, 3.63) is 81.9 Å². The van der Waals surface area contributed by atoms with Crippen LogP contribution in [0.1, 0.15) is 41.9 Å². The van der Waals surface area contributed by atoms with Gasteiger partial charge in [0.15, 0.2) is 0 Å². The molecule has 0 saturated carbocycles. The standard InChI is InChI=1S/C26H26ClFN2O4S/c1-26(2,15-16-6-4-3-5-7-16)30-20(10-13-23(29)31)24(32)34-25(33)22-12-11-21(35-22)17-8-9-19(28)18(27)14-17/h3-9,11-12,14,20,30H,10,13,15H2,1-2H3,(H2,29,31)/t20-/m0/s1. The van der Waals surface area contributed by atoms with Crippen LogP contribution in [0.4, 0.5) is 4.39 Å². The Balaban J connectivity index is 1.70. The topological polar surface area (TPSA) is 98.5 Å². The number of benzene rings is 2. The van der Waals surface area contributed by atoms with Gasteiger partial charge in [-0.15, -0.1) is 11.3 Å². The minimum atomic E-state index is -0.916. The second kappa shape index (κ2) is 11.6. The molecule has 35 heavy (non-hydrogen) atoms. The highest BCUT2D eigenvalue weighted by Crippen LogP contribution is 2.31. The fraction of sp³-hybridized carbons (Fsp3) is 0.269. The molecular formula is C26H26ClFN2O4S. The van der Waals surface area contributed by atoms with Gasteiger partial charge in [0.25, 0.3) is 0 Å². The Morgan fingerprint density at radius 1 is 1.11 bits per heavy atom. The van der Waals surface area contributed by atoms with Crippen molar-refractivity contribution in [3.63, 3.8) is 0 Å². The van der Waals surface area contributed by atoms with Gasteiger partial charge < -0.3 is 10.5 Å². The van der Waals surface area contributed by atoms with Crippen molar-refractivity contribution in [3.8, 4) is 10.4 Å². The lowest BCUT2D eigenvalue weighted by molar-refractivity contribution is -0.141. The molecule has 6 nitrogen and oxygen atoms in total. The molecule has 1 heterocycles.